The second-order valence-electron chi connectivity index (χ2n) is 4.37. The van der Waals surface area contributed by atoms with Crippen LogP contribution >= 0.6 is 15.9 Å². The summed E-state index contributed by atoms with van der Waals surface area (Å²) in [6, 6.07) is 4.06. The van der Waals surface area contributed by atoms with Crippen molar-refractivity contribution in [2.75, 3.05) is 18.4 Å². The first-order valence-corrected chi connectivity index (χ1v) is 6.60. The van der Waals surface area contributed by atoms with E-state index in [1.165, 1.54) is 6.07 Å². The third kappa shape index (κ3) is 3.38. The van der Waals surface area contributed by atoms with Crippen LogP contribution in [0.5, 0.6) is 0 Å². The molecule has 1 aromatic carbocycles. The van der Waals surface area contributed by atoms with Crippen molar-refractivity contribution in [2.24, 2.45) is 0 Å². The van der Waals surface area contributed by atoms with Gasteiger partial charge >= 0.3 is 6.18 Å². The van der Waals surface area contributed by atoms with Gasteiger partial charge in [0.15, 0.2) is 0 Å². The molecule has 0 radical (unpaired) electrons. The lowest BCUT2D eigenvalue weighted by molar-refractivity contribution is -0.137. The van der Waals surface area contributed by atoms with E-state index in [2.05, 4.69) is 26.6 Å². The molecule has 100 valence electrons. The standard InChI is InChI=1S/C12H14BrF3N2/c13-10-6-8(12(14,15)16)3-4-11(10)18-7-9-2-1-5-17-9/h3-4,6,9,17-18H,1-2,5,7H2. The van der Waals surface area contributed by atoms with Gasteiger partial charge in [-0.25, -0.2) is 0 Å². The molecule has 0 saturated carbocycles. The van der Waals surface area contributed by atoms with Crippen LogP contribution in [0.3, 0.4) is 0 Å². The summed E-state index contributed by atoms with van der Waals surface area (Å²) >= 11 is 3.17. The summed E-state index contributed by atoms with van der Waals surface area (Å²) in [5.41, 5.74) is 0.0515. The highest BCUT2D eigenvalue weighted by Crippen LogP contribution is 2.33. The number of rotatable bonds is 3. The van der Waals surface area contributed by atoms with Crippen molar-refractivity contribution in [3.63, 3.8) is 0 Å². The monoisotopic (exact) mass is 322 g/mol. The Hall–Kier alpha value is -0.750. The van der Waals surface area contributed by atoms with E-state index in [0.717, 1.165) is 38.1 Å². The van der Waals surface area contributed by atoms with Gasteiger partial charge in [0.2, 0.25) is 0 Å². The lowest BCUT2D eigenvalue weighted by atomic mass is 10.2. The van der Waals surface area contributed by atoms with Crippen molar-refractivity contribution >= 4 is 21.6 Å². The van der Waals surface area contributed by atoms with Gasteiger partial charge in [-0.2, -0.15) is 13.2 Å². The number of hydrogen-bond acceptors (Lipinski definition) is 2. The third-order valence-corrected chi connectivity index (χ3v) is 3.65. The van der Waals surface area contributed by atoms with E-state index in [-0.39, 0.29) is 0 Å². The van der Waals surface area contributed by atoms with Crippen LogP contribution in [0.1, 0.15) is 18.4 Å². The predicted octanol–water partition coefficient (Wildman–Crippen LogP) is 3.63. The molecule has 0 amide bonds. The van der Waals surface area contributed by atoms with E-state index in [4.69, 9.17) is 0 Å². The Morgan fingerprint density at radius 2 is 2.17 bits per heavy atom. The first-order chi connectivity index (χ1) is 8.47. The fraction of sp³-hybridized carbons (Fsp3) is 0.500. The lowest BCUT2D eigenvalue weighted by Gasteiger charge is -2.15. The molecule has 2 nitrogen and oxygen atoms in total. The fourth-order valence-electron chi connectivity index (χ4n) is 2.00. The largest absolute Gasteiger partial charge is 0.416 e. The second-order valence-corrected chi connectivity index (χ2v) is 5.22. The minimum absolute atomic E-state index is 0.402. The zero-order valence-corrected chi connectivity index (χ0v) is 11.2. The van der Waals surface area contributed by atoms with Crippen LogP contribution < -0.4 is 10.6 Å². The van der Waals surface area contributed by atoms with Crippen LogP contribution in [0, 0.1) is 0 Å². The Morgan fingerprint density at radius 1 is 1.39 bits per heavy atom. The molecule has 1 saturated heterocycles. The van der Waals surface area contributed by atoms with Crippen molar-refractivity contribution in [3.05, 3.63) is 28.2 Å². The summed E-state index contributed by atoms with van der Waals surface area (Å²) < 4.78 is 37.9. The average Bonchev–Trinajstić information content (AvgIpc) is 2.79. The van der Waals surface area contributed by atoms with E-state index in [0.29, 0.717) is 16.2 Å². The minimum Gasteiger partial charge on any atom is -0.383 e. The van der Waals surface area contributed by atoms with Crippen molar-refractivity contribution in [3.8, 4) is 0 Å². The molecule has 1 unspecified atom stereocenters. The van der Waals surface area contributed by atoms with Crippen molar-refractivity contribution < 1.29 is 13.2 Å². The van der Waals surface area contributed by atoms with Gasteiger partial charge in [0.25, 0.3) is 0 Å². The fourth-order valence-corrected chi connectivity index (χ4v) is 2.52. The van der Waals surface area contributed by atoms with Gasteiger partial charge in [0.05, 0.1) is 5.56 Å². The van der Waals surface area contributed by atoms with Crippen molar-refractivity contribution in [1.29, 1.82) is 0 Å². The molecular weight excluding hydrogens is 309 g/mol. The normalized spacial score (nSPS) is 20.1. The molecule has 0 aromatic heterocycles. The summed E-state index contributed by atoms with van der Waals surface area (Å²) in [5.74, 6) is 0. The molecule has 1 fully saturated rings. The first-order valence-electron chi connectivity index (χ1n) is 5.81. The highest BCUT2D eigenvalue weighted by atomic mass is 79.9. The van der Waals surface area contributed by atoms with Crippen molar-refractivity contribution in [1.82, 2.24) is 5.32 Å². The maximum absolute atomic E-state index is 12.5. The molecule has 1 aliphatic heterocycles. The van der Waals surface area contributed by atoms with Gasteiger partial charge < -0.3 is 10.6 Å². The molecule has 0 spiro atoms. The quantitative estimate of drug-likeness (QED) is 0.888. The van der Waals surface area contributed by atoms with Gasteiger partial charge in [-0.1, -0.05) is 0 Å². The maximum Gasteiger partial charge on any atom is 0.416 e. The first kappa shape index (κ1) is 13.7. The molecule has 2 N–H and O–H groups in total. The molecule has 2 rings (SSSR count). The minimum atomic E-state index is -4.30. The number of benzene rings is 1. The highest BCUT2D eigenvalue weighted by Gasteiger charge is 2.30. The molecule has 1 aliphatic rings. The van der Waals surface area contributed by atoms with Crippen LogP contribution in [-0.2, 0) is 6.18 Å². The Bertz CT molecular complexity index is 414. The van der Waals surface area contributed by atoms with Crippen LogP contribution in [0.2, 0.25) is 0 Å². The van der Waals surface area contributed by atoms with E-state index >= 15 is 0 Å². The Morgan fingerprint density at radius 3 is 2.72 bits per heavy atom. The van der Waals surface area contributed by atoms with E-state index in [1.807, 2.05) is 0 Å². The molecule has 1 heterocycles. The summed E-state index contributed by atoms with van der Waals surface area (Å²) in [7, 11) is 0. The molecule has 6 heteroatoms. The zero-order chi connectivity index (χ0) is 13.2. The zero-order valence-electron chi connectivity index (χ0n) is 9.65. The van der Waals surface area contributed by atoms with Crippen LogP contribution in [0.4, 0.5) is 18.9 Å². The molecule has 1 atom stereocenters. The van der Waals surface area contributed by atoms with Gasteiger partial charge in [0.1, 0.15) is 0 Å². The summed E-state index contributed by atoms with van der Waals surface area (Å²) in [5, 5.41) is 6.48. The molecule has 1 aromatic rings. The van der Waals surface area contributed by atoms with E-state index < -0.39 is 11.7 Å². The summed E-state index contributed by atoms with van der Waals surface area (Å²) in [4.78, 5) is 0. The van der Waals surface area contributed by atoms with Gasteiger partial charge in [0, 0.05) is 22.7 Å². The summed E-state index contributed by atoms with van der Waals surface area (Å²) in [6.07, 6.45) is -2.04. The Balaban J connectivity index is 2.01. The number of hydrogen-bond donors (Lipinski definition) is 2. The molecule has 0 bridgehead atoms. The number of nitrogens with one attached hydrogen (secondary N) is 2. The van der Waals surface area contributed by atoms with Crippen molar-refractivity contribution in [2.45, 2.75) is 25.1 Å². The Kier molecular flexibility index (Phi) is 4.17. The van der Waals surface area contributed by atoms with E-state index in [9.17, 15) is 13.2 Å². The topological polar surface area (TPSA) is 24.1 Å². The summed E-state index contributed by atoms with van der Waals surface area (Å²) in [6.45, 7) is 1.74. The van der Waals surface area contributed by atoms with Crippen LogP contribution in [0.15, 0.2) is 22.7 Å². The van der Waals surface area contributed by atoms with Gasteiger partial charge in [-0.15, -0.1) is 0 Å². The number of anilines is 1. The van der Waals surface area contributed by atoms with Crippen LogP contribution in [-0.4, -0.2) is 19.1 Å². The maximum atomic E-state index is 12.5. The average molecular weight is 323 g/mol. The molecule has 0 aliphatic carbocycles. The highest BCUT2D eigenvalue weighted by molar-refractivity contribution is 9.10. The third-order valence-electron chi connectivity index (χ3n) is 3.00. The van der Waals surface area contributed by atoms with Gasteiger partial charge in [-0.05, 0) is 53.5 Å². The number of halogens is 4. The Labute approximate surface area is 112 Å². The lowest BCUT2D eigenvalue weighted by Crippen LogP contribution is -2.29. The SMILES string of the molecule is FC(F)(F)c1ccc(NCC2CCCN2)c(Br)c1. The predicted molar refractivity (Wildman–Crippen MR) is 68.7 cm³/mol. The smallest absolute Gasteiger partial charge is 0.383 e. The number of alkyl halides is 3. The molecule has 18 heavy (non-hydrogen) atoms. The van der Waals surface area contributed by atoms with Gasteiger partial charge in [-0.3, -0.25) is 0 Å². The van der Waals surface area contributed by atoms with Crippen LogP contribution in [0.25, 0.3) is 0 Å². The second kappa shape index (κ2) is 5.48. The van der Waals surface area contributed by atoms with E-state index in [1.54, 1.807) is 0 Å². The molecular formula is C12H14BrF3N2.